The lowest BCUT2D eigenvalue weighted by atomic mass is 10.1. The Morgan fingerprint density at radius 1 is 1.47 bits per heavy atom. The Kier molecular flexibility index (Phi) is 4.62. The summed E-state index contributed by atoms with van der Waals surface area (Å²) in [5.74, 6) is 0. The van der Waals surface area contributed by atoms with Gasteiger partial charge in [-0.25, -0.2) is 4.98 Å². The molecule has 0 fully saturated rings. The van der Waals surface area contributed by atoms with Crippen LogP contribution < -0.4 is 5.32 Å². The largest absolute Gasteiger partial charge is 0.313 e. The smallest absolute Gasteiger partial charge is 0.154 e. The van der Waals surface area contributed by atoms with E-state index in [1.807, 2.05) is 18.6 Å². The van der Waals surface area contributed by atoms with E-state index in [9.17, 15) is 0 Å². The number of thiazole rings is 1. The summed E-state index contributed by atoms with van der Waals surface area (Å²) >= 11 is 6.90. The van der Waals surface area contributed by atoms with Crippen LogP contribution in [0.2, 0.25) is 0 Å². The van der Waals surface area contributed by atoms with Crippen LogP contribution in [0.1, 0.15) is 18.5 Å². The van der Waals surface area contributed by atoms with Crippen molar-refractivity contribution in [2.45, 2.75) is 22.2 Å². The van der Waals surface area contributed by atoms with Gasteiger partial charge in [-0.15, -0.1) is 11.3 Å². The Bertz CT molecular complexity index is 485. The molecule has 1 aromatic carbocycles. The molecule has 0 aliphatic rings. The van der Waals surface area contributed by atoms with Crippen LogP contribution in [0, 0.1) is 0 Å². The van der Waals surface area contributed by atoms with E-state index in [4.69, 9.17) is 0 Å². The summed E-state index contributed by atoms with van der Waals surface area (Å²) in [6, 6.07) is 6.72. The highest BCUT2D eigenvalue weighted by molar-refractivity contribution is 9.10. The van der Waals surface area contributed by atoms with Crippen LogP contribution >= 0.6 is 39.0 Å². The molecule has 1 heterocycles. The highest BCUT2D eigenvalue weighted by Gasteiger charge is 2.11. The molecule has 2 nitrogen and oxygen atoms in total. The number of benzene rings is 1. The van der Waals surface area contributed by atoms with Crippen molar-refractivity contribution in [1.82, 2.24) is 10.3 Å². The second-order valence-corrected chi connectivity index (χ2v) is 6.69. The lowest BCUT2D eigenvalue weighted by Gasteiger charge is -2.15. The Hall–Kier alpha value is -0.360. The van der Waals surface area contributed by atoms with Gasteiger partial charge in [0.15, 0.2) is 4.34 Å². The SMILES string of the molecule is CNC(C)c1ccc(Br)cc1Sc1nccs1. The van der Waals surface area contributed by atoms with Gasteiger partial charge in [-0.05, 0) is 31.7 Å². The molecule has 90 valence electrons. The first kappa shape index (κ1) is 13.1. The van der Waals surface area contributed by atoms with Crippen LogP contribution in [0.15, 0.2) is 43.5 Å². The maximum Gasteiger partial charge on any atom is 0.154 e. The maximum absolute atomic E-state index is 4.31. The Morgan fingerprint density at radius 2 is 2.29 bits per heavy atom. The topological polar surface area (TPSA) is 24.9 Å². The third kappa shape index (κ3) is 3.31. The van der Waals surface area contributed by atoms with Crippen molar-refractivity contribution < 1.29 is 0 Å². The van der Waals surface area contributed by atoms with Gasteiger partial charge in [0.2, 0.25) is 0 Å². The van der Waals surface area contributed by atoms with Gasteiger partial charge >= 0.3 is 0 Å². The number of nitrogens with zero attached hydrogens (tertiary/aromatic N) is 1. The summed E-state index contributed by atoms with van der Waals surface area (Å²) in [6.45, 7) is 2.16. The van der Waals surface area contributed by atoms with E-state index >= 15 is 0 Å². The maximum atomic E-state index is 4.31. The van der Waals surface area contributed by atoms with Crippen molar-refractivity contribution in [3.8, 4) is 0 Å². The molecule has 1 N–H and O–H groups in total. The monoisotopic (exact) mass is 328 g/mol. The van der Waals surface area contributed by atoms with Crippen molar-refractivity contribution in [2.75, 3.05) is 7.05 Å². The van der Waals surface area contributed by atoms with Gasteiger partial charge in [-0.3, -0.25) is 0 Å². The van der Waals surface area contributed by atoms with Crippen molar-refractivity contribution >= 4 is 39.0 Å². The molecule has 1 aromatic heterocycles. The molecule has 2 aromatic rings. The highest BCUT2D eigenvalue weighted by atomic mass is 79.9. The first-order valence-electron chi connectivity index (χ1n) is 5.24. The Morgan fingerprint density at radius 3 is 2.94 bits per heavy atom. The molecule has 1 atom stereocenters. The predicted octanol–water partition coefficient (Wildman–Crippen LogP) is 4.34. The second kappa shape index (κ2) is 6.00. The number of rotatable bonds is 4. The normalized spacial score (nSPS) is 12.6. The second-order valence-electron chi connectivity index (χ2n) is 3.59. The molecular formula is C12H13BrN2S2. The van der Waals surface area contributed by atoms with Crippen LogP contribution in [-0.2, 0) is 0 Å². The molecule has 17 heavy (non-hydrogen) atoms. The molecule has 0 bridgehead atoms. The van der Waals surface area contributed by atoms with E-state index in [0.29, 0.717) is 6.04 Å². The van der Waals surface area contributed by atoms with Crippen LogP contribution in [0.4, 0.5) is 0 Å². The van der Waals surface area contributed by atoms with Crippen LogP contribution in [0.25, 0.3) is 0 Å². The number of hydrogen-bond acceptors (Lipinski definition) is 4. The molecule has 1 unspecified atom stereocenters. The van der Waals surface area contributed by atoms with Crippen molar-refractivity contribution in [2.24, 2.45) is 0 Å². The van der Waals surface area contributed by atoms with Gasteiger partial charge in [0.05, 0.1) is 0 Å². The molecule has 0 amide bonds. The van der Waals surface area contributed by atoms with Gasteiger partial charge in [0.1, 0.15) is 0 Å². The minimum Gasteiger partial charge on any atom is -0.313 e. The zero-order valence-electron chi connectivity index (χ0n) is 9.61. The average Bonchev–Trinajstić information content (AvgIpc) is 2.81. The van der Waals surface area contributed by atoms with Gasteiger partial charge in [0, 0.05) is 27.0 Å². The Labute approximate surface area is 118 Å². The summed E-state index contributed by atoms with van der Waals surface area (Å²) in [5, 5.41) is 5.28. The number of halogens is 1. The number of hydrogen-bond donors (Lipinski definition) is 1. The number of nitrogens with one attached hydrogen (secondary N) is 1. The van der Waals surface area contributed by atoms with Gasteiger partial charge in [0.25, 0.3) is 0 Å². The molecule has 0 radical (unpaired) electrons. The van der Waals surface area contributed by atoms with Gasteiger partial charge in [-0.1, -0.05) is 33.8 Å². The van der Waals surface area contributed by atoms with Crippen LogP contribution in [0.3, 0.4) is 0 Å². The molecule has 5 heteroatoms. The van der Waals surface area contributed by atoms with E-state index in [2.05, 4.69) is 51.4 Å². The zero-order chi connectivity index (χ0) is 12.3. The Balaban J connectivity index is 2.33. The lowest BCUT2D eigenvalue weighted by molar-refractivity contribution is 0.641. The van der Waals surface area contributed by atoms with Gasteiger partial charge < -0.3 is 5.32 Å². The molecule has 0 aliphatic heterocycles. The summed E-state index contributed by atoms with van der Waals surface area (Å²) in [5.41, 5.74) is 1.30. The minimum atomic E-state index is 0.338. The molecule has 2 rings (SSSR count). The fourth-order valence-corrected chi connectivity index (χ4v) is 3.82. The van der Waals surface area contributed by atoms with E-state index in [-0.39, 0.29) is 0 Å². The van der Waals surface area contributed by atoms with Crippen molar-refractivity contribution in [3.63, 3.8) is 0 Å². The molecular weight excluding hydrogens is 316 g/mol. The first-order valence-corrected chi connectivity index (χ1v) is 7.73. The van der Waals surface area contributed by atoms with E-state index < -0.39 is 0 Å². The number of aromatic nitrogens is 1. The van der Waals surface area contributed by atoms with Crippen LogP contribution in [0.5, 0.6) is 0 Å². The standard InChI is InChI=1S/C12H13BrN2S2/c1-8(14-2)10-4-3-9(13)7-11(10)17-12-15-5-6-16-12/h3-8,14H,1-2H3. The van der Waals surface area contributed by atoms with E-state index in [1.165, 1.54) is 10.5 Å². The molecule has 0 saturated carbocycles. The quantitative estimate of drug-likeness (QED) is 0.903. The third-order valence-corrected chi connectivity index (χ3v) is 4.93. The third-order valence-electron chi connectivity index (χ3n) is 2.48. The molecule has 0 saturated heterocycles. The fourth-order valence-electron chi connectivity index (χ4n) is 1.46. The fraction of sp³-hybridized carbons (Fsp3) is 0.250. The van der Waals surface area contributed by atoms with Crippen molar-refractivity contribution in [3.05, 3.63) is 39.8 Å². The summed E-state index contributed by atoms with van der Waals surface area (Å²) < 4.78 is 2.18. The average molecular weight is 329 g/mol. The minimum absolute atomic E-state index is 0.338. The van der Waals surface area contributed by atoms with Gasteiger partial charge in [-0.2, -0.15) is 0 Å². The van der Waals surface area contributed by atoms with E-state index in [0.717, 1.165) is 8.81 Å². The van der Waals surface area contributed by atoms with Crippen molar-refractivity contribution in [1.29, 1.82) is 0 Å². The van der Waals surface area contributed by atoms with E-state index in [1.54, 1.807) is 23.1 Å². The summed E-state index contributed by atoms with van der Waals surface area (Å²) in [4.78, 5) is 5.56. The highest BCUT2D eigenvalue weighted by Crippen LogP contribution is 2.35. The first-order chi connectivity index (χ1) is 8.20. The van der Waals surface area contributed by atoms with Crippen LogP contribution in [-0.4, -0.2) is 12.0 Å². The summed E-state index contributed by atoms with van der Waals surface area (Å²) in [6.07, 6.45) is 1.84. The molecule has 0 spiro atoms. The zero-order valence-corrected chi connectivity index (χ0v) is 12.8. The summed E-state index contributed by atoms with van der Waals surface area (Å²) in [7, 11) is 1.98. The predicted molar refractivity (Wildman–Crippen MR) is 77.9 cm³/mol. The lowest BCUT2D eigenvalue weighted by Crippen LogP contribution is -2.13. The molecule has 0 aliphatic carbocycles.